The Hall–Kier alpha value is -1.98. The third-order valence-electron chi connectivity index (χ3n) is 10.1. The van der Waals surface area contributed by atoms with Crippen molar-refractivity contribution >= 4 is 12.0 Å². The van der Waals surface area contributed by atoms with Crippen LogP contribution in [0.1, 0.15) is 92.9 Å². The molecule has 46 heavy (non-hydrogen) atoms. The maximum atomic E-state index is 12.5. The molecule has 0 spiro atoms. The van der Waals surface area contributed by atoms with Gasteiger partial charge in [0.2, 0.25) is 5.91 Å². The summed E-state index contributed by atoms with van der Waals surface area (Å²) in [5.41, 5.74) is 0.991. The van der Waals surface area contributed by atoms with Gasteiger partial charge in [-0.2, -0.15) is 0 Å². The van der Waals surface area contributed by atoms with Gasteiger partial charge in [-0.1, -0.05) is 39.0 Å². The van der Waals surface area contributed by atoms with E-state index in [1.807, 2.05) is 7.05 Å². The van der Waals surface area contributed by atoms with Crippen molar-refractivity contribution in [3.63, 3.8) is 0 Å². The second-order valence-corrected chi connectivity index (χ2v) is 14.3. The van der Waals surface area contributed by atoms with Crippen LogP contribution in [-0.2, 0) is 23.7 Å². The lowest BCUT2D eigenvalue weighted by atomic mass is 9.85. The molecule has 0 radical (unpaired) electrons. The standard InChI is InChI=1S/C36H63N3O7/c1-24(21-36(6)34(46-36)27(4)33(43-8)28(5)40)13-12-14-25(2)32-26(3)16-17-30(45-32)22-38-31(41)15-10-9-11-20-44-35(42)39-19-18-29(23-39)37-7/h12-14,24,26-30,32-34,37,40H,9-11,15-23H2,1-8H3,(H,38,41)/b13-12+,25-14+/t24?,26-,27?,28?,29?,30+,32+,33?,34+,36+/m0/s1. The van der Waals surface area contributed by atoms with Crippen molar-refractivity contribution in [1.82, 2.24) is 15.5 Å². The number of aliphatic hydroxyl groups excluding tert-OH is 1. The van der Waals surface area contributed by atoms with Crippen molar-refractivity contribution < 1.29 is 33.6 Å². The zero-order chi connectivity index (χ0) is 33.9. The van der Waals surface area contributed by atoms with Crippen LogP contribution < -0.4 is 10.6 Å². The van der Waals surface area contributed by atoms with Crippen molar-refractivity contribution in [2.24, 2.45) is 17.8 Å². The van der Waals surface area contributed by atoms with Gasteiger partial charge >= 0.3 is 6.09 Å². The number of rotatable bonds is 18. The fourth-order valence-corrected chi connectivity index (χ4v) is 7.32. The highest BCUT2D eigenvalue weighted by molar-refractivity contribution is 5.75. The van der Waals surface area contributed by atoms with E-state index in [1.165, 1.54) is 5.57 Å². The fourth-order valence-electron chi connectivity index (χ4n) is 7.32. The molecule has 10 atom stereocenters. The summed E-state index contributed by atoms with van der Waals surface area (Å²) in [4.78, 5) is 26.4. The van der Waals surface area contributed by atoms with Crippen LogP contribution in [0, 0.1) is 17.8 Å². The number of nitrogens with one attached hydrogen (secondary N) is 2. The van der Waals surface area contributed by atoms with Gasteiger partial charge in [0.05, 0.1) is 42.7 Å². The lowest BCUT2D eigenvalue weighted by Gasteiger charge is -2.35. The summed E-state index contributed by atoms with van der Waals surface area (Å²) in [6.45, 7) is 14.9. The monoisotopic (exact) mass is 649 g/mol. The van der Waals surface area contributed by atoms with Crippen LogP contribution in [0.3, 0.4) is 0 Å². The zero-order valence-electron chi connectivity index (χ0n) is 29.8. The summed E-state index contributed by atoms with van der Waals surface area (Å²) in [7, 11) is 3.56. The zero-order valence-corrected chi connectivity index (χ0v) is 29.8. The van der Waals surface area contributed by atoms with Gasteiger partial charge in [-0.15, -0.1) is 0 Å². The lowest BCUT2D eigenvalue weighted by molar-refractivity contribution is -0.123. The molecule has 5 unspecified atom stereocenters. The number of nitrogens with zero attached hydrogens (tertiary/aromatic N) is 1. The second-order valence-electron chi connectivity index (χ2n) is 14.3. The first-order chi connectivity index (χ1) is 21.9. The van der Waals surface area contributed by atoms with E-state index in [0.717, 1.165) is 51.5 Å². The summed E-state index contributed by atoms with van der Waals surface area (Å²) in [6, 6.07) is 0.352. The predicted molar refractivity (Wildman–Crippen MR) is 181 cm³/mol. The summed E-state index contributed by atoms with van der Waals surface area (Å²) >= 11 is 0. The molecule has 0 saturated carbocycles. The van der Waals surface area contributed by atoms with E-state index in [-0.39, 0.29) is 47.9 Å². The number of methoxy groups -OCH3 is 1. The normalized spacial score (nSPS) is 31.0. The molecule has 0 aliphatic carbocycles. The molecule has 10 heteroatoms. The van der Waals surface area contributed by atoms with Crippen molar-refractivity contribution in [2.45, 2.75) is 135 Å². The quantitative estimate of drug-likeness (QED) is 0.108. The molecule has 3 aliphatic rings. The summed E-state index contributed by atoms with van der Waals surface area (Å²) < 4.78 is 23.5. The Bertz CT molecular complexity index is 1020. The van der Waals surface area contributed by atoms with E-state index >= 15 is 0 Å². The number of carbonyl (C=O) groups is 2. The van der Waals surface area contributed by atoms with E-state index in [1.54, 1.807) is 18.9 Å². The lowest BCUT2D eigenvalue weighted by Crippen LogP contribution is -2.41. The fraction of sp³-hybridized carbons (Fsp3) is 0.833. The van der Waals surface area contributed by atoms with Crippen LogP contribution in [-0.4, -0.2) is 105 Å². The van der Waals surface area contributed by atoms with Crippen LogP contribution in [0.5, 0.6) is 0 Å². The first kappa shape index (κ1) is 38.5. The molecule has 10 nitrogen and oxygen atoms in total. The van der Waals surface area contributed by atoms with Gasteiger partial charge in [-0.25, -0.2) is 4.79 Å². The highest BCUT2D eigenvalue weighted by atomic mass is 16.6. The molecule has 0 bridgehead atoms. The number of carbonyl (C=O) groups excluding carboxylic acids is 2. The van der Waals surface area contributed by atoms with E-state index < -0.39 is 6.10 Å². The molecular weight excluding hydrogens is 586 g/mol. The molecule has 3 heterocycles. The Kier molecular flexibility index (Phi) is 15.5. The van der Waals surface area contributed by atoms with Gasteiger partial charge in [0.25, 0.3) is 0 Å². The molecule has 3 saturated heterocycles. The molecule has 3 rings (SSSR count). The van der Waals surface area contributed by atoms with E-state index in [2.05, 4.69) is 63.5 Å². The Morgan fingerprint density at radius 3 is 2.59 bits per heavy atom. The molecular formula is C36H63N3O7. The molecule has 0 aromatic rings. The highest BCUT2D eigenvalue weighted by Crippen LogP contribution is 2.47. The smallest absolute Gasteiger partial charge is 0.409 e. The highest BCUT2D eigenvalue weighted by Gasteiger charge is 2.56. The summed E-state index contributed by atoms with van der Waals surface area (Å²) in [5, 5.41) is 16.3. The minimum absolute atomic E-state index is 0.00682. The van der Waals surface area contributed by atoms with Crippen LogP contribution in [0.15, 0.2) is 23.8 Å². The number of amides is 2. The van der Waals surface area contributed by atoms with Gasteiger partial charge in [-0.05, 0) is 90.2 Å². The summed E-state index contributed by atoms with van der Waals surface area (Å²) in [5.74, 6) is 0.916. The van der Waals surface area contributed by atoms with Crippen LogP contribution >= 0.6 is 0 Å². The first-order valence-corrected chi connectivity index (χ1v) is 17.6. The SMILES string of the molecule is CNC1CCN(C(=O)OCCCCCC(=O)NC[C@H]2CC[C@H](C)[C@@H](/C(C)=C/C=C/C(C)C[C@@]3(C)O[C@@H]3C(C)C(OC)C(C)O)O2)C1. The molecule has 2 amide bonds. The van der Waals surface area contributed by atoms with Crippen molar-refractivity contribution in [3.05, 3.63) is 23.8 Å². The van der Waals surface area contributed by atoms with Crippen molar-refractivity contribution in [1.29, 1.82) is 0 Å². The number of hydrogen-bond acceptors (Lipinski definition) is 8. The molecule has 3 fully saturated rings. The van der Waals surface area contributed by atoms with E-state index in [0.29, 0.717) is 44.0 Å². The topological polar surface area (TPSA) is 122 Å². The van der Waals surface area contributed by atoms with Gasteiger partial charge < -0.3 is 39.6 Å². The average Bonchev–Trinajstić information content (AvgIpc) is 3.43. The van der Waals surface area contributed by atoms with Crippen molar-refractivity contribution in [2.75, 3.05) is 40.4 Å². The first-order valence-electron chi connectivity index (χ1n) is 17.6. The Labute approximate surface area is 278 Å². The minimum atomic E-state index is -0.535. The van der Waals surface area contributed by atoms with Crippen LogP contribution in [0.4, 0.5) is 4.79 Å². The third-order valence-corrected chi connectivity index (χ3v) is 10.1. The number of likely N-dealkylation sites (N-methyl/N-ethyl adjacent to an activating group) is 1. The molecule has 0 aromatic carbocycles. The third kappa shape index (κ3) is 11.6. The number of allylic oxidation sites excluding steroid dienone is 3. The largest absolute Gasteiger partial charge is 0.449 e. The summed E-state index contributed by atoms with van der Waals surface area (Å²) in [6.07, 6.45) is 12.3. The maximum Gasteiger partial charge on any atom is 0.409 e. The van der Waals surface area contributed by atoms with Crippen molar-refractivity contribution in [3.8, 4) is 0 Å². The number of epoxide rings is 1. The number of unbranched alkanes of at least 4 members (excludes halogenated alkanes) is 2. The molecule has 0 aromatic heterocycles. The number of hydrogen-bond donors (Lipinski definition) is 3. The number of likely N-dealkylation sites (tertiary alicyclic amines) is 1. The molecule has 3 aliphatic heterocycles. The van der Waals surface area contributed by atoms with Gasteiger partial charge in [0.15, 0.2) is 0 Å². The molecule has 264 valence electrons. The van der Waals surface area contributed by atoms with Crippen LogP contribution in [0.25, 0.3) is 0 Å². The predicted octanol–water partition coefficient (Wildman–Crippen LogP) is 5.00. The maximum absolute atomic E-state index is 12.5. The van der Waals surface area contributed by atoms with E-state index in [4.69, 9.17) is 18.9 Å². The Morgan fingerprint density at radius 2 is 1.91 bits per heavy atom. The van der Waals surface area contributed by atoms with Gasteiger partial charge in [0.1, 0.15) is 0 Å². The average molecular weight is 650 g/mol. The van der Waals surface area contributed by atoms with Gasteiger partial charge in [-0.3, -0.25) is 4.79 Å². The Balaban J connectivity index is 1.31. The van der Waals surface area contributed by atoms with Gasteiger partial charge in [0, 0.05) is 45.1 Å². The number of ether oxygens (including phenoxy) is 4. The molecule has 3 N–H and O–H groups in total. The van der Waals surface area contributed by atoms with E-state index in [9.17, 15) is 14.7 Å². The minimum Gasteiger partial charge on any atom is -0.449 e. The Morgan fingerprint density at radius 1 is 1.15 bits per heavy atom. The second kappa shape index (κ2) is 18.5. The van der Waals surface area contributed by atoms with Crippen LogP contribution in [0.2, 0.25) is 0 Å². The number of aliphatic hydroxyl groups is 1.